The molecule has 6 nitrogen and oxygen atoms in total. The highest BCUT2D eigenvalue weighted by molar-refractivity contribution is 5.78. The fourth-order valence-electron chi connectivity index (χ4n) is 2.38. The van der Waals surface area contributed by atoms with Crippen LogP contribution in [0.3, 0.4) is 0 Å². The van der Waals surface area contributed by atoms with Crippen molar-refractivity contribution in [2.24, 2.45) is 0 Å². The van der Waals surface area contributed by atoms with Gasteiger partial charge >= 0.3 is 0 Å². The first kappa shape index (κ1) is 13.6. The third-order valence-corrected chi connectivity index (χ3v) is 3.65. The zero-order valence-corrected chi connectivity index (χ0v) is 12.0. The van der Waals surface area contributed by atoms with Crippen molar-refractivity contribution < 1.29 is 9.32 Å². The third-order valence-electron chi connectivity index (χ3n) is 3.65. The number of likely N-dealkylation sites (tertiary alicyclic amines) is 1. The lowest BCUT2D eigenvalue weighted by molar-refractivity contribution is -0.127. The fraction of sp³-hybridized carbons (Fsp3) is 0.400. The monoisotopic (exact) mass is 286 g/mol. The Balaban J connectivity index is 1.61. The van der Waals surface area contributed by atoms with Crippen LogP contribution in [0.1, 0.15) is 12.8 Å². The topological polar surface area (TPSA) is 62.5 Å². The van der Waals surface area contributed by atoms with Gasteiger partial charge in [0, 0.05) is 38.7 Å². The van der Waals surface area contributed by atoms with E-state index in [2.05, 4.69) is 10.1 Å². The molecule has 3 rings (SSSR count). The summed E-state index contributed by atoms with van der Waals surface area (Å²) < 4.78 is 5.28. The minimum absolute atomic E-state index is 0.237. The number of nitrogens with zero attached hydrogens (tertiary/aromatic N) is 4. The standard InChI is InChI=1S/C15H18N4O2/c1-18(10-11-19-9-5-8-13(19)20)15-16-14(21-17-15)12-6-3-2-4-7-12/h2-4,6-7H,5,8-11H2,1H3. The summed E-state index contributed by atoms with van der Waals surface area (Å²) in [5, 5.41) is 3.99. The molecule has 0 aliphatic carbocycles. The van der Waals surface area contributed by atoms with Crippen LogP contribution >= 0.6 is 0 Å². The Bertz CT molecular complexity index is 611. The highest BCUT2D eigenvalue weighted by Crippen LogP contribution is 2.19. The van der Waals surface area contributed by atoms with E-state index in [1.54, 1.807) is 0 Å². The van der Waals surface area contributed by atoms with Gasteiger partial charge in [-0.3, -0.25) is 4.79 Å². The first-order valence-corrected chi connectivity index (χ1v) is 7.12. The smallest absolute Gasteiger partial charge is 0.266 e. The van der Waals surface area contributed by atoms with Gasteiger partial charge in [0.05, 0.1) is 0 Å². The molecule has 1 aromatic carbocycles. The Kier molecular flexibility index (Phi) is 3.85. The van der Waals surface area contributed by atoms with Crippen molar-refractivity contribution in [3.8, 4) is 11.5 Å². The maximum absolute atomic E-state index is 11.6. The van der Waals surface area contributed by atoms with Crippen molar-refractivity contribution in [2.45, 2.75) is 12.8 Å². The van der Waals surface area contributed by atoms with Crippen LogP contribution in [0.25, 0.3) is 11.5 Å². The van der Waals surface area contributed by atoms with Crippen LogP contribution < -0.4 is 4.90 Å². The van der Waals surface area contributed by atoms with Crippen LogP contribution in [-0.2, 0) is 4.79 Å². The van der Waals surface area contributed by atoms with Gasteiger partial charge in [-0.25, -0.2) is 0 Å². The lowest BCUT2D eigenvalue weighted by Gasteiger charge is -2.20. The van der Waals surface area contributed by atoms with Crippen LogP contribution in [0.4, 0.5) is 5.95 Å². The van der Waals surface area contributed by atoms with Gasteiger partial charge in [-0.2, -0.15) is 4.98 Å². The summed E-state index contributed by atoms with van der Waals surface area (Å²) in [4.78, 5) is 19.7. The number of hydrogen-bond donors (Lipinski definition) is 0. The lowest BCUT2D eigenvalue weighted by Crippen LogP contribution is -2.34. The van der Waals surface area contributed by atoms with Gasteiger partial charge in [0.15, 0.2) is 0 Å². The number of aromatic nitrogens is 2. The Labute approximate surface area is 123 Å². The van der Waals surface area contributed by atoms with Gasteiger partial charge < -0.3 is 14.3 Å². The summed E-state index contributed by atoms with van der Waals surface area (Å²) in [5.41, 5.74) is 0.902. The number of amides is 1. The normalized spacial score (nSPS) is 14.7. The van der Waals surface area contributed by atoms with Gasteiger partial charge in [0.2, 0.25) is 5.91 Å². The molecule has 1 fully saturated rings. The Hall–Kier alpha value is -2.37. The molecule has 0 radical (unpaired) electrons. The summed E-state index contributed by atoms with van der Waals surface area (Å²) >= 11 is 0. The summed E-state index contributed by atoms with van der Waals surface area (Å²) in [6, 6.07) is 9.67. The van der Waals surface area contributed by atoms with Crippen LogP contribution in [-0.4, -0.2) is 47.6 Å². The molecule has 2 heterocycles. The SMILES string of the molecule is CN(CCN1CCCC1=O)c1noc(-c2ccccc2)n1. The van der Waals surface area contributed by atoms with E-state index < -0.39 is 0 Å². The van der Waals surface area contributed by atoms with Crippen LogP contribution in [0.2, 0.25) is 0 Å². The molecule has 0 bridgehead atoms. The van der Waals surface area contributed by atoms with Crippen LogP contribution in [0.5, 0.6) is 0 Å². The Morgan fingerprint density at radius 3 is 2.86 bits per heavy atom. The van der Waals surface area contributed by atoms with E-state index in [1.807, 2.05) is 47.2 Å². The van der Waals surface area contributed by atoms with Crippen molar-refractivity contribution in [1.82, 2.24) is 15.0 Å². The van der Waals surface area contributed by atoms with Crippen LogP contribution in [0.15, 0.2) is 34.9 Å². The van der Waals surface area contributed by atoms with E-state index in [-0.39, 0.29) is 5.91 Å². The lowest BCUT2D eigenvalue weighted by atomic mass is 10.2. The second-order valence-corrected chi connectivity index (χ2v) is 5.17. The fourth-order valence-corrected chi connectivity index (χ4v) is 2.38. The van der Waals surface area contributed by atoms with Crippen molar-refractivity contribution in [3.05, 3.63) is 30.3 Å². The van der Waals surface area contributed by atoms with E-state index in [1.165, 1.54) is 0 Å². The molecule has 1 saturated heterocycles. The van der Waals surface area contributed by atoms with Crippen molar-refractivity contribution in [3.63, 3.8) is 0 Å². The Morgan fingerprint density at radius 2 is 2.14 bits per heavy atom. The first-order valence-electron chi connectivity index (χ1n) is 7.12. The van der Waals surface area contributed by atoms with Gasteiger partial charge in [0.25, 0.3) is 11.8 Å². The molecule has 1 aliphatic heterocycles. The number of carbonyl (C=O) groups excluding carboxylic acids is 1. The summed E-state index contributed by atoms with van der Waals surface area (Å²) in [6.45, 7) is 2.25. The molecule has 1 amide bonds. The molecule has 0 N–H and O–H groups in total. The average molecular weight is 286 g/mol. The number of carbonyl (C=O) groups is 1. The Morgan fingerprint density at radius 1 is 1.33 bits per heavy atom. The number of hydrogen-bond acceptors (Lipinski definition) is 5. The number of likely N-dealkylation sites (N-methyl/N-ethyl adjacent to an activating group) is 1. The molecule has 2 aromatic rings. The zero-order valence-electron chi connectivity index (χ0n) is 12.0. The molecule has 110 valence electrons. The maximum Gasteiger partial charge on any atom is 0.266 e. The zero-order chi connectivity index (χ0) is 14.7. The predicted molar refractivity (Wildman–Crippen MR) is 78.8 cm³/mol. The summed E-state index contributed by atoms with van der Waals surface area (Å²) in [7, 11) is 1.90. The van der Waals surface area contributed by atoms with Crippen LogP contribution in [0, 0.1) is 0 Å². The second-order valence-electron chi connectivity index (χ2n) is 5.17. The largest absolute Gasteiger partial charge is 0.341 e. The van der Waals surface area contributed by atoms with Crippen molar-refractivity contribution in [2.75, 3.05) is 31.6 Å². The second kappa shape index (κ2) is 5.95. The van der Waals surface area contributed by atoms with Gasteiger partial charge in [-0.05, 0) is 23.7 Å². The molecular formula is C15H18N4O2. The quantitative estimate of drug-likeness (QED) is 0.838. The highest BCUT2D eigenvalue weighted by Gasteiger charge is 2.20. The molecule has 1 aliphatic rings. The highest BCUT2D eigenvalue weighted by atomic mass is 16.5. The molecule has 0 spiro atoms. The van der Waals surface area contributed by atoms with E-state index in [9.17, 15) is 4.79 Å². The van der Waals surface area contributed by atoms with Crippen molar-refractivity contribution in [1.29, 1.82) is 0 Å². The predicted octanol–water partition coefficient (Wildman–Crippen LogP) is 1.80. The first-order chi connectivity index (χ1) is 10.2. The van der Waals surface area contributed by atoms with E-state index in [0.717, 1.165) is 18.5 Å². The van der Waals surface area contributed by atoms with E-state index >= 15 is 0 Å². The van der Waals surface area contributed by atoms with Gasteiger partial charge in [-0.15, -0.1) is 0 Å². The number of rotatable bonds is 5. The third kappa shape index (κ3) is 3.04. The van der Waals surface area contributed by atoms with Gasteiger partial charge in [0.1, 0.15) is 0 Å². The minimum atomic E-state index is 0.237. The molecule has 21 heavy (non-hydrogen) atoms. The molecular weight excluding hydrogens is 268 g/mol. The maximum atomic E-state index is 11.6. The van der Waals surface area contributed by atoms with Crippen molar-refractivity contribution >= 4 is 11.9 Å². The van der Waals surface area contributed by atoms with Gasteiger partial charge in [-0.1, -0.05) is 18.2 Å². The molecule has 1 aromatic heterocycles. The molecule has 0 saturated carbocycles. The minimum Gasteiger partial charge on any atom is -0.341 e. The molecule has 6 heteroatoms. The summed E-state index contributed by atoms with van der Waals surface area (Å²) in [5.74, 6) is 1.29. The van der Waals surface area contributed by atoms with E-state index in [0.29, 0.717) is 31.3 Å². The average Bonchev–Trinajstić information content (AvgIpc) is 3.15. The van der Waals surface area contributed by atoms with E-state index in [4.69, 9.17) is 4.52 Å². The molecule has 0 atom stereocenters. The summed E-state index contributed by atoms with van der Waals surface area (Å²) in [6.07, 6.45) is 1.63. The number of benzene rings is 1. The molecule has 0 unspecified atom stereocenters. The number of anilines is 1.